The first-order chi connectivity index (χ1) is 6.24. The van der Waals surface area contributed by atoms with Gasteiger partial charge in [-0.2, -0.15) is 11.8 Å². The van der Waals surface area contributed by atoms with E-state index in [1.54, 1.807) is 4.90 Å². The molecule has 2 amide bonds. The maximum Gasteiger partial charge on any atom is 0.232 e. The van der Waals surface area contributed by atoms with Gasteiger partial charge in [-0.05, 0) is 6.26 Å². The van der Waals surface area contributed by atoms with Crippen molar-refractivity contribution in [3.63, 3.8) is 0 Å². The Hall–Kier alpha value is -0.710. The molecule has 0 aromatic carbocycles. The van der Waals surface area contributed by atoms with E-state index < -0.39 is 0 Å². The maximum atomic E-state index is 11.4. The number of hydrogen-bond donors (Lipinski definition) is 1. The van der Waals surface area contributed by atoms with E-state index in [1.807, 2.05) is 6.26 Å². The van der Waals surface area contributed by atoms with E-state index in [0.29, 0.717) is 31.8 Å². The molecular weight excluding hydrogens is 188 g/mol. The van der Waals surface area contributed by atoms with Crippen LogP contribution in [0.15, 0.2) is 0 Å². The van der Waals surface area contributed by atoms with Crippen molar-refractivity contribution in [1.82, 2.24) is 10.2 Å². The largest absolute Gasteiger partial charge is 0.354 e. The van der Waals surface area contributed by atoms with E-state index in [-0.39, 0.29) is 11.8 Å². The molecule has 1 N–H and O–H groups in total. The van der Waals surface area contributed by atoms with Crippen LogP contribution in [0.3, 0.4) is 0 Å². The normalized spacial score (nSPS) is 17.9. The molecule has 0 spiro atoms. The highest BCUT2D eigenvalue weighted by Crippen LogP contribution is 2.01. The number of nitrogens with zero attached hydrogens (tertiary/aromatic N) is 1. The summed E-state index contributed by atoms with van der Waals surface area (Å²) in [5.74, 6) is 0.678. The molecule has 0 aromatic rings. The van der Waals surface area contributed by atoms with Crippen LogP contribution in [0.5, 0.6) is 0 Å². The molecule has 1 heterocycles. The van der Waals surface area contributed by atoms with Crippen LogP contribution >= 0.6 is 11.8 Å². The van der Waals surface area contributed by atoms with Crippen molar-refractivity contribution < 1.29 is 9.59 Å². The van der Waals surface area contributed by atoms with Gasteiger partial charge in [0.25, 0.3) is 0 Å². The average molecular weight is 202 g/mol. The quantitative estimate of drug-likeness (QED) is 0.668. The highest BCUT2D eigenvalue weighted by Gasteiger charge is 2.17. The molecule has 0 aromatic heterocycles. The highest BCUT2D eigenvalue weighted by atomic mass is 32.2. The Bertz CT molecular complexity index is 208. The molecule has 0 saturated carbocycles. The number of amides is 2. The molecule has 0 bridgehead atoms. The average Bonchev–Trinajstić information content (AvgIpc) is 2.30. The third-order valence-electron chi connectivity index (χ3n) is 1.93. The number of carbonyl (C=O) groups is 2. The van der Waals surface area contributed by atoms with Crippen molar-refractivity contribution >= 4 is 23.6 Å². The predicted octanol–water partition coefficient (Wildman–Crippen LogP) is -0.302. The lowest BCUT2D eigenvalue weighted by molar-refractivity contribution is -0.128. The molecule has 4 nitrogen and oxygen atoms in total. The molecule has 13 heavy (non-hydrogen) atoms. The van der Waals surface area contributed by atoms with E-state index in [4.69, 9.17) is 0 Å². The van der Waals surface area contributed by atoms with Crippen LogP contribution < -0.4 is 5.32 Å². The van der Waals surface area contributed by atoms with E-state index in [1.165, 1.54) is 11.8 Å². The Morgan fingerprint density at radius 2 is 2.38 bits per heavy atom. The topological polar surface area (TPSA) is 49.4 Å². The van der Waals surface area contributed by atoms with E-state index in [9.17, 15) is 9.59 Å². The maximum absolute atomic E-state index is 11.4. The first kappa shape index (κ1) is 10.4. The smallest absolute Gasteiger partial charge is 0.232 e. The van der Waals surface area contributed by atoms with Crippen molar-refractivity contribution in [3.8, 4) is 0 Å². The zero-order chi connectivity index (χ0) is 9.68. The second-order valence-electron chi connectivity index (χ2n) is 2.91. The summed E-state index contributed by atoms with van der Waals surface area (Å²) in [7, 11) is 0. The Labute approximate surface area is 82.0 Å². The Morgan fingerprint density at radius 1 is 1.62 bits per heavy atom. The van der Waals surface area contributed by atoms with E-state index >= 15 is 0 Å². The van der Waals surface area contributed by atoms with Gasteiger partial charge in [0.1, 0.15) is 0 Å². The Morgan fingerprint density at radius 3 is 3.08 bits per heavy atom. The van der Waals surface area contributed by atoms with Crippen molar-refractivity contribution in [3.05, 3.63) is 0 Å². The van der Waals surface area contributed by atoms with Gasteiger partial charge in [-0.15, -0.1) is 0 Å². The second-order valence-corrected chi connectivity index (χ2v) is 3.78. The number of hydrogen-bond acceptors (Lipinski definition) is 3. The Kier molecular flexibility index (Phi) is 4.08. The molecule has 1 aliphatic heterocycles. The summed E-state index contributed by atoms with van der Waals surface area (Å²) in [6.45, 7) is 1.79. The Balaban J connectivity index is 2.41. The first-order valence-corrected chi connectivity index (χ1v) is 5.67. The zero-order valence-corrected chi connectivity index (χ0v) is 8.52. The second kappa shape index (κ2) is 5.11. The summed E-state index contributed by atoms with van der Waals surface area (Å²) >= 11 is 1.51. The van der Waals surface area contributed by atoms with E-state index in [0.717, 1.165) is 0 Å². The zero-order valence-electron chi connectivity index (χ0n) is 7.71. The minimum atomic E-state index is 0.0412. The van der Waals surface area contributed by atoms with Crippen LogP contribution in [0.4, 0.5) is 0 Å². The molecule has 0 aliphatic carbocycles. The van der Waals surface area contributed by atoms with Gasteiger partial charge in [-0.25, -0.2) is 0 Å². The summed E-state index contributed by atoms with van der Waals surface area (Å²) < 4.78 is 0. The lowest BCUT2D eigenvalue weighted by atomic mass is 10.4. The summed E-state index contributed by atoms with van der Waals surface area (Å²) in [4.78, 5) is 24.1. The van der Waals surface area contributed by atoms with Crippen molar-refractivity contribution in [2.75, 3.05) is 31.6 Å². The molecule has 1 saturated heterocycles. The number of carbonyl (C=O) groups excluding carboxylic acids is 2. The van der Waals surface area contributed by atoms with Crippen LogP contribution in [0.2, 0.25) is 0 Å². The van der Waals surface area contributed by atoms with Gasteiger partial charge < -0.3 is 10.2 Å². The van der Waals surface area contributed by atoms with Crippen LogP contribution in [0, 0.1) is 0 Å². The molecular formula is C8H14N2O2S. The number of rotatable bonds is 2. The minimum Gasteiger partial charge on any atom is -0.354 e. The molecule has 5 heteroatoms. The lowest BCUT2D eigenvalue weighted by Gasteiger charge is -2.18. The van der Waals surface area contributed by atoms with Crippen LogP contribution in [-0.2, 0) is 9.59 Å². The SMILES string of the molecule is CSCC(=O)N1CCNC(=O)CC1. The fourth-order valence-corrected chi connectivity index (χ4v) is 1.66. The molecule has 1 rings (SSSR count). The van der Waals surface area contributed by atoms with Gasteiger partial charge >= 0.3 is 0 Å². The predicted molar refractivity (Wildman–Crippen MR) is 52.6 cm³/mol. The molecule has 1 aliphatic rings. The molecule has 1 fully saturated rings. The fraction of sp³-hybridized carbons (Fsp3) is 0.750. The number of nitrogens with one attached hydrogen (secondary N) is 1. The van der Waals surface area contributed by atoms with Gasteiger partial charge in [0, 0.05) is 26.1 Å². The van der Waals surface area contributed by atoms with Gasteiger partial charge in [0.15, 0.2) is 0 Å². The van der Waals surface area contributed by atoms with Gasteiger partial charge in [-0.3, -0.25) is 9.59 Å². The third-order valence-corrected chi connectivity index (χ3v) is 2.47. The minimum absolute atomic E-state index is 0.0412. The van der Waals surface area contributed by atoms with Gasteiger partial charge in [0.2, 0.25) is 11.8 Å². The summed E-state index contributed by atoms with van der Waals surface area (Å²) in [6.07, 6.45) is 2.33. The summed E-state index contributed by atoms with van der Waals surface area (Å²) in [5.41, 5.74) is 0. The van der Waals surface area contributed by atoms with Crippen LogP contribution in [0.1, 0.15) is 6.42 Å². The van der Waals surface area contributed by atoms with Crippen molar-refractivity contribution in [2.45, 2.75) is 6.42 Å². The molecule has 0 radical (unpaired) electrons. The molecule has 0 unspecified atom stereocenters. The van der Waals surface area contributed by atoms with Gasteiger partial charge in [-0.1, -0.05) is 0 Å². The van der Waals surface area contributed by atoms with E-state index in [2.05, 4.69) is 5.32 Å². The lowest BCUT2D eigenvalue weighted by Crippen LogP contribution is -2.35. The molecule has 0 atom stereocenters. The third kappa shape index (κ3) is 3.26. The summed E-state index contributed by atoms with van der Waals surface area (Å²) in [6, 6.07) is 0. The molecule has 74 valence electrons. The van der Waals surface area contributed by atoms with Crippen LogP contribution in [-0.4, -0.2) is 48.4 Å². The van der Waals surface area contributed by atoms with Crippen molar-refractivity contribution in [2.24, 2.45) is 0 Å². The van der Waals surface area contributed by atoms with Gasteiger partial charge in [0.05, 0.1) is 5.75 Å². The first-order valence-electron chi connectivity index (χ1n) is 4.27. The highest BCUT2D eigenvalue weighted by molar-refractivity contribution is 7.99. The summed E-state index contributed by atoms with van der Waals surface area (Å²) in [5, 5.41) is 2.73. The standard InChI is InChI=1S/C8H14N2O2S/c1-13-6-8(12)10-4-2-7(11)9-3-5-10/h2-6H2,1H3,(H,9,11). The van der Waals surface area contributed by atoms with Crippen molar-refractivity contribution in [1.29, 1.82) is 0 Å². The number of thioether (sulfide) groups is 1. The fourth-order valence-electron chi connectivity index (χ4n) is 1.23. The van der Waals surface area contributed by atoms with Crippen LogP contribution in [0.25, 0.3) is 0 Å². The monoisotopic (exact) mass is 202 g/mol.